The lowest BCUT2D eigenvalue weighted by molar-refractivity contribution is -0.137. The highest BCUT2D eigenvalue weighted by atomic mass is 35.5. The van der Waals surface area contributed by atoms with Crippen LogP contribution in [0.1, 0.15) is 12.5 Å². The number of benzene rings is 2. The predicted molar refractivity (Wildman–Crippen MR) is 96.3 cm³/mol. The number of alkyl halides is 3. The Balaban J connectivity index is 2.21. The van der Waals surface area contributed by atoms with Crippen LogP contribution >= 0.6 is 23.2 Å². The van der Waals surface area contributed by atoms with Crippen molar-refractivity contribution in [2.75, 3.05) is 5.32 Å². The molecule has 0 spiro atoms. The number of nitrogens with one attached hydrogen (secondary N) is 2. The average Bonchev–Trinajstić information content (AvgIpc) is 2.56. The molecule has 0 aliphatic carbocycles. The van der Waals surface area contributed by atoms with Crippen molar-refractivity contribution in [2.24, 2.45) is 0 Å². The summed E-state index contributed by atoms with van der Waals surface area (Å²) in [5, 5.41) is 2.06. The van der Waals surface area contributed by atoms with E-state index in [1.54, 1.807) is 0 Å². The van der Waals surface area contributed by atoms with Gasteiger partial charge in [0.25, 0.3) is 0 Å². The van der Waals surface area contributed by atoms with Gasteiger partial charge < -0.3 is 5.32 Å². The topological polar surface area (TPSA) is 75.3 Å². The second-order valence-electron chi connectivity index (χ2n) is 5.45. The first-order valence-corrected chi connectivity index (χ1v) is 9.60. The number of hydrogen-bond donors (Lipinski definition) is 2. The zero-order valence-electron chi connectivity index (χ0n) is 13.6. The van der Waals surface area contributed by atoms with E-state index in [2.05, 4.69) is 10.0 Å². The van der Waals surface area contributed by atoms with E-state index in [1.807, 2.05) is 0 Å². The van der Waals surface area contributed by atoms with Crippen molar-refractivity contribution in [1.82, 2.24) is 4.72 Å². The van der Waals surface area contributed by atoms with Crippen molar-refractivity contribution in [3.8, 4) is 0 Å². The zero-order valence-corrected chi connectivity index (χ0v) is 16.0. The summed E-state index contributed by atoms with van der Waals surface area (Å²) in [6.45, 7) is 1.18. The minimum atomic E-state index is -4.68. The molecule has 0 bridgehead atoms. The Labute approximate surface area is 163 Å². The minimum absolute atomic E-state index is 0.107. The summed E-state index contributed by atoms with van der Waals surface area (Å²) >= 11 is 11.6. The van der Waals surface area contributed by atoms with Crippen LogP contribution in [0.4, 0.5) is 18.9 Å². The van der Waals surface area contributed by atoms with E-state index in [0.717, 1.165) is 18.2 Å². The molecular formula is C16H13Cl2F3N2O3S. The van der Waals surface area contributed by atoms with E-state index in [-0.39, 0.29) is 14.9 Å². The van der Waals surface area contributed by atoms with Gasteiger partial charge in [-0.2, -0.15) is 17.9 Å². The molecular weight excluding hydrogens is 428 g/mol. The number of sulfonamides is 1. The molecule has 2 aromatic carbocycles. The van der Waals surface area contributed by atoms with E-state index in [9.17, 15) is 26.4 Å². The van der Waals surface area contributed by atoms with Crippen LogP contribution in [0.5, 0.6) is 0 Å². The van der Waals surface area contributed by atoms with Gasteiger partial charge in [-0.05, 0) is 37.3 Å². The van der Waals surface area contributed by atoms with Crippen LogP contribution in [0.3, 0.4) is 0 Å². The summed E-state index contributed by atoms with van der Waals surface area (Å²) in [5.74, 6) is -0.978. The Bertz CT molecular complexity index is 966. The van der Waals surface area contributed by atoms with Crippen LogP contribution in [0.15, 0.2) is 47.4 Å². The van der Waals surface area contributed by atoms with Crippen LogP contribution < -0.4 is 10.0 Å². The first-order chi connectivity index (χ1) is 12.4. The largest absolute Gasteiger partial charge is 0.418 e. The quantitative estimate of drug-likeness (QED) is 0.726. The summed E-state index contributed by atoms with van der Waals surface area (Å²) in [4.78, 5) is 11.8. The summed E-state index contributed by atoms with van der Waals surface area (Å²) in [6, 6.07) is 6.71. The fraction of sp³-hybridized carbons (Fsp3) is 0.188. The van der Waals surface area contributed by atoms with Crippen LogP contribution in [0.2, 0.25) is 10.0 Å². The van der Waals surface area contributed by atoms with Gasteiger partial charge in [0, 0.05) is 5.02 Å². The smallest absolute Gasteiger partial charge is 0.324 e. The SMILES string of the molecule is C[C@H](NS(=O)(=O)c1cc(Cl)ccc1Cl)C(=O)Nc1ccccc1C(F)(F)F. The van der Waals surface area contributed by atoms with Crippen LogP contribution in [0, 0.1) is 0 Å². The number of halogens is 5. The normalized spacial score (nSPS) is 13.3. The molecule has 2 aromatic rings. The number of amides is 1. The summed E-state index contributed by atoms with van der Waals surface area (Å²) in [5.41, 5.74) is -1.53. The Morgan fingerprint density at radius 1 is 1.11 bits per heavy atom. The number of anilines is 1. The molecule has 2 rings (SSSR count). The highest BCUT2D eigenvalue weighted by Gasteiger charge is 2.34. The van der Waals surface area contributed by atoms with Gasteiger partial charge in [-0.15, -0.1) is 0 Å². The molecule has 0 saturated carbocycles. The molecule has 1 amide bonds. The Morgan fingerprint density at radius 3 is 2.37 bits per heavy atom. The number of carbonyl (C=O) groups is 1. The van der Waals surface area contributed by atoms with Gasteiger partial charge in [-0.25, -0.2) is 8.42 Å². The third kappa shape index (κ3) is 5.35. The second-order valence-corrected chi connectivity index (χ2v) is 7.98. The third-order valence-corrected chi connectivity index (χ3v) is 5.66. The molecule has 0 saturated heterocycles. The van der Waals surface area contributed by atoms with Crippen molar-refractivity contribution in [3.05, 3.63) is 58.1 Å². The maximum absolute atomic E-state index is 13.0. The van der Waals surface area contributed by atoms with Gasteiger partial charge in [0.1, 0.15) is 4.90 Å². The molecule has 5 nitrogen and oxygen atoms in total. The standard InChI is InChI=1S/C16H13Cl2F3N2O3S/c1-9(23-27(25,26)14-8-10(17)6-7-12(14)18)15(24)22-13-5-3-2-4-11(13)16(19,20)21/h2-9,23H,1H3,(H,22,24)/t9-/m0/s1. The first-order valence-electron chi connectivity index (χ1n) is 7.36. The predicted octanol–water partition coefficient (Wildman–Crippen LogP) is 4.32. The molecule has 27 heavy (non-hydrogen) atoms. The van der Waals surface area contributed by atoms with Crippen LogP contribution in [0.25, 0.3) is 0 Å². The van der Waals surface area contributed by atoms with E-state index < -0.39 is 39.4 Å². The van der Waals surface area contributed by atoms with Gasteiger partial charge in [-0.1, -0.05) is 35.3 Å². The number of hydrogen-bond acceptors (Lipinski definition) is 3. The monoisotopic (exact) mass is 440 g/mol. The Hall–Kier alpha value is -1.81. The van der Waals surface area contributed by atoms with Gasteiger partial charge in [0.2, 0.25) is 15.9 Å². The van der Waals surface area contributed by atoms with Crippen molar-refractivity contribution in [3.63, 3.8) is 0 Å². The fourth-order valence-corrected chi connectivity index (χ4v) is 4.08. The number of carbonyl (C=O) groups excluding carboxylic acids is 1. The molecule has 11 heteroatoms. The number of rotatable bonds is 5. The molecule has 0 unspecified atom stereocenters. The molecule has 1 atom stereocenters. The van der Waals surface area contributed by atoms with Crippen molar-refractivity contribution in [2.45, 2.75) is 24.0 Å². The molecule has 146 valence electrons. The van der Waals surface area contributed by atoms with Gasteiger partial charge in [0.15, 0.2) is 0 Å². The molecule has 0 aliphatic rings. The number of para-hydroxylation sites is 1. The fourth-order valence-electron chi connectivity index (χ4n) is 2.11. The lowest BCUT2D eigenvalue weighted by atomic mass is 10.1. The van der Waals surface area contributed by atoms with E-state index in [4.69, 9.17) is 23.2 Å². The van der Waals surface area contributed by atoms with E-state index >= 15 is 0 Å². The van der Waals surface area contributed by atoms with E-state index in [1.165, 1.54) is 31.2 Å². The first kappa shape index (κ1) is 21.5. The Kier molecular flexibility index (Phi) is 6.41. The molecule has 2 N–H and O–H groups in total. The lowest BCUT2D eigenvalue weighted by Gasteiger charge is -2.17. The van der Waals surface area contributed by atoms with Gasteiger partial charge in [-0.3, -0.25) is 4.79 Å². The summed E-state index contributed by atoms with van der Waals surface area (Å²) in [7, 11) is -4.24. The third-order valence-electron chi connectivity index (χ3n) is 3.40. The van der Waals surface area contributed by atoms with Gasteiger partial charge in [0.05, 0.1) is 22.3 Å². The highest BCUT2D eigenvalue weighted by Crippen LogP contribution is 2.34. The molecule has 0 aliphatic heterocycles. The molecule has 0 aromatic heterocycles. The molecule has 0 heterocycles. The molecule has 0 radical (unpaired) electrons. The average molecular weight is 441 g/mol. The summed E-state index contributed by atoms with van der Waals surface area (Å²) in [6.07, 6.45) is -4.68. The molecule has 0 fully saturated rings. The van der Waals surface area contributed by atoms with Crippen LogP contribution in [-0.2, 0) is 21.0 Å². The van der Waals surface area contributed by atoms with Crippen molar-refractivity contribution >= 4 is 44.8 Å². The Morgan fingerprint density at radius 2 is 1.74 bits per heavy atom. The van der Waals surface area contributed by atoms with E-state index in [0.29, 0.717) is 0 Å². The van der Waals surface area contributed by atoms with Crippen molar-refractivity contribution in [1.29, 1.82) is 0 Å². The second kappa shape index (κ2) is 8.05. The highest BCUT2D eigenvalue weighted by molar-refractivity contribution is 7.89. The van der Waals surface area contributed by atoms with Crippen LogP contribution in [-0.4, -0.2) is 20.4 Å². The maximum Gasteiger partial charge on any atom is 0.418 e. The lowest BCUT2D eigenvalue weighted by Crippen LogP contribution is -2.41. The maximum atomic E-state index is 13.0. The zero-order chi connectivity index (χ0) is 20.4. The van der Waals surface area contributed by atoms with Crippen molar-refractivity contribution < 1.29 is 26.4 Å². The van der Waals surface area contributed by atoms with Gasteiger partial charge >= 0.3 is 6.18 Å². The minimum Gasteiger partial charge on any atom is -0.324 e. The summed E-state index contributed by atoms with van der Waals surface area (Å²) < 4.78 is 65.8.